The zero-order chi connectivity index (χ0) is 18.4. The maximum atomic E-state index is 13.3. The molecule has 0 bridgehead atoms. The van der Waals surface area contributed by atoms with Gasteiger partial charge in [-0.2, -0.15) is 0 Å². The molecule has 0 spiro atoms. The summed E-state index contributed by atoms with van der Waals surface area (Å²) in [5.41, 5.74) is 0.809. The largest absolute Gasteiger partial charge is 0.335 e. The Bertz CT molecular complexity index is 712. The molecule has 5 nitrogen and oxygen atoms in total. The highest BCUT2D eigenvalue weighted by Crippen LogP contribution is 2.36. The summed E-state index contributed by atoms with van der Waals surface area (Å²) < 4.78 is 0. The van der Waals surface area contributed by atoms with Crippen LogP contribution in [0.25, 0.3) is 0 Å². The molecule has 3 amide bonds. The summed E-state index contributed by atoms with van der Waals surface area (Å²) in [7, 11) is 0. The van der Waals surface area contributed by atoms with Crippen LogP contribution in [0.5, 0.6) is 0 Å². The van der Waals surface area contributed by atoms with Crippen molar-refractivity contribution in [3.63, 3.8) is 0 Å². The molecule has 1 heterocycles. The van der Waals surface area contributed by atoms with E-state index in [0.29, 0.717) is 17.2 Å². The highest BCUT2D eigenvalue weighted by Gasteiger charge is 2.46. The van der Waals surface area contributed by atoms with Gasteiger partial charge >= 0.3 is 0 Å². The lowest BCUT2D eigenvalue weighted by atomic mass is 9.86. The number of fused-ring (bicyclic) bond motifs is 1. The first-order valence-corrected chi connectivity index (χ1v) is 9.78. The average molecular weight is 354 g/mol. The Kier molecular flexibility index (Phi) is 4.33. The molecule has 3 aliphatic rings. The molecule has 2 fully saturated rings. The maximum absolute atomic E-state index is 13.3. The van der Waals surface area contributed by atoms with Crippen LogP contribution in [0, 0.1) is 5.92 Å². The maximum Gasteiger partial charge on any atom is 0.262 e. The molecule has 5 heteroatoms. The lowest BCUT2D eigenvalue weighted by Gasteiger charge is -2.39. The fraction of sp³-hybridized carbons (Fsp3) is 0.571. The van der Waals surface area contributed by atoms with Gasteiger partial charge in [-0.3, -0.25) is 19.3 Å². The van der Waals surface area contributed by atoms with Crippen LogP contribution in [-0.4, -0.2) is 45.6 Å². The minimum Gasteiger partial charge on any atom is -0.335 e. The van der Waals surface area contributed by atoms with Crippen LogP contribution in [0.2, 0.25) is 0 Å². The van der Waals surface area contributed by atoms with E-state index in [1.165, 1.54) is 0 Å². The standard InChI is InChI=1S/C21H26N2O3/c1-13-7-9-15(10-8-13)23(16-11-12-16)19(24)14(2)22-20(25)17-5-3-4-6-18(17)21(22)26/h3-6,13-16H,7-12H2,1-2H3. The summed E-state index contributed by atoms with van der Waals surface area (Å²) in [5, 5.41) is 0. The minimum atomic E-state index is -0.748. The quantitative estimate of drug-likeness (QED) is 0.780. The molecule has 0 saturated heterocycles. The van der Waals surface area contributed by atoms with Gasteiger partial charge in [0.1, 0.15) is 6.04 Å². The molecule has 1 aromatic carbocycles. The molecule has 0 radical (unpaired) electrons. The predicted octanol–water partition coefficient (Wildman–Crippen LogP) is 3.24. The first-order valence-electron chi connectivity index (χ1n) is 9.78. The van der Waals surface area contributed by atoms with Crippen LogP contribution >= 0.6 is 0 Å². The van der Waals surface area contributed by atoms with Crippen LogP contribution in [0.4, 0.5) is 0 Å². The molecule has 4 rings (SSSR count). The molecule has 138 valence electrons. The lowest BCUT2D eigenvalue weighted by molar-refractivity contribution is -0.138. The molecule has 2 saturated carbocycles. The zero-order valence-corrected chi connectivity index (χ0v) is 15.5. The van der Waals surface area contributed by atoms with Crippen molar-refractivity contribution in [2.45, 2.75) is 70.5 Å². The second-order valence-corrected chi connectivity index (χ2v) is 8.09. The van der Waals surface area contributed by atoms with E-state index in [4.69, 9.17) is 0 Å². The molecule has 1 unspecified atom stereocenters. The Morgan fingerprint density at radius 3 is 1.88 bits per heavy atom. The summed E-state index contributed by atoms with van der Waals surface area (Å²) in [4.78, 5) is 41.9. The van der Waals surface area contributed by atoms with Gasteiger partial charge in [0.2, 0.25) is 5.91 Å². The van der Waals surface area contributed by atoms with Crippen LogP contribution in [0.15, 0.2) is 24.3 Å². The third kappa shape index (κ3) is 2.83. The average Bonchev–Trinajstić information content (AvgIpc) is 3.44. The fourth-order valence-corrected chi connectivity index (χ4v) is 4.42. The normalized spacial score (nSPS) is 26.6. The van der Waals surface area contributed by atoms with Crippen LogP contribution in [0.1, 0.15) is 73.1 Å². The molecule has 1 aromatic rings. The molecule has 0 aromatic heterocycles. The van der Waals surface area contributed by atoms with Crippen molar-refractivity contribution in [1.82, 2.24) is 9.80 Å². The number of hydrogen-bond acceptors (Lipinski definition) is 3. The summed E-state index contributed by atoms with van der Waals surface area (Å²) in [5.74, 6) is -0.0449. The molecule has 1 aliphatic heterocycles. The van der Waals surface area contributed by atoms with Crippen molar-refractivity contribution in [2.24, 2.45) is 5.92 Å². The zero-order valence-electron chi connectivity index (χ0n) is 15.5. The summed E-state index contributed by atoms with van der Waals surface area (Å²) in [6.07, 6.45) is 6.40. The monoisotopic (exact) mass is 354 g/mol. The van der Waals surface area contributed by atoms with Gasteiger partial charge in [0.15, 0.2) is 0 Å². The molecule has 26 heavy (non-hydrogen) atoms. The molecular formula is C21H26N2O3. The van der Waals surface area contributed by atoms with Gasteiger partial charge in [0.25, 0.3) is 11.8 Å². The topological polar surface area (TPSA) is 57.7 Å². The van der Waals surface area contributed by atoms with Crippen LogP contribution in [0.3, 0.4) is 0 Å². The fourth-order valence-electron chi connectivity index (χ4n) is 4.42. The van der Waals surface area contributed by atoms with Crippen LogP contribution in [-0.2, 0) is 4.79 Å². The number of carbonyl (C=O) groups excluding carboxylic acids is 3. The number of benzene rings is 1. The highest BCUT2D eigenvalue weighted by molar-refractivity contribution is 6.22. The van der Waals surface area contributed by atoms with Gasteiger partial charge in [-0.15, -0.1) is 0 Å². The Morgan fingerprint density at radius 1 is 0.962 bits per heavy atom. The first-order chi connectivity index (χ1) is 12.5. The molecule has 1 atom stereocenters. The second-order valence-electron chi connectivity index (χ2n) is 8.09. The molecule has 0 N–H and O–H groups in total. The van der Waals surface area contributed by atoms with Gasteiger partial charge in [-0.25, -0.2) is 0 Å². The van der Waals surface area contributed by atoms with E-state index in [0.717, 1.165) is 49.3 Å². The smallest absolute Gasteiger partial charge is 0.262 e. The van der Waals surface area contributed by atoms with Gasteiger partial charge in [-0.1, -0.05) is 19.1 Å². The van der Waals surface area contributed by atoms with Crippen LogP contribution < -0.4 is 0 Å². The molecular weight excluding hydrogens is 328 g/mol. The van der Waals surface area contributed by atoms with Gasteiger partial charge in [0, 0.05) is 12.1 Å². The number of nitrogens with zero attached hydrogens (tertiary/aromatic N) is 2. The van der Waals surface area contributed by atoms with E-state index < -0.39 is 6.04 Å². The minimum absolute atomic E-state index is 0.0680. The van der Waals surface area contributed by atoms with Crippen molar-refractivity contribution in [1.29, 1.82) is 0 Å². The Balaban J connectivity index is 1.55. The van der Waals surface area contributed by atoms with E-state index in [1.807, 2.05) is 4.90 Å². The van der Waals surface area contributed by atoms with Crippen molar-refractivity contribution >= 4 is 17.7 Å². The van der Waals surface area contributed by atoms with Crippen molar-refractivity contribution in [3.05, 3.63) is 35.4 Å². The van der Waals surface area contributed by atoms with E-state index in [1.54, 1.807) is 31.2 Å². The van der Waals surface area contributed by atoms with Crippen molar-refractivity contribution < 1.29 is 14.4 Å². The summed E-state index contributed by atoms with van der Waals surface area (Å²) >= 11 is 0. The third-order valence-corrected chi connectivity index (χ3v) is 6.14. The second kappa shape index (κ2) is 6.53. The Morgan fingerprint density at radius 2 is 1.42 bits per heavy atom. The number of hydrogen-bond donors (Lipinski definition) is 0. The van der Waals surface area contributed by atoms with E-state index in [-0.39, 0.29) is 23.8 Å². The summed E-state index contributed by atoms with van der Waals surface area (Å²) in [6, 6.07) is 6.62. The van der Waals surface area contributed by atoms with Gasteiger partial charge in [-0.05, 0) is 63.5 Å². The number of carbonyl (C=O) groups is 3. The number of imide groups is 1. The van der Waals surface area contributed by atoms with Gasteiger partial charge < -0.3 is 4.90 Å². The van der Waals surface area contributed by atoms with Crippen molar-refractivity contribution in [3.8, 4) is 0 Å². The Hall–Kier alpha value is -2.17. The number of amides is 3. The predicted molar refractivity (Wildman–Crippen MR) is 97.7 cm³/mol. The number of rotatable bonds is 4. The third-order valence-electron chi connectivity index (χ3n) is 6.14. The SMILES string of the molecule is CC1CCC(N(C(=O)C(C)N2C(=O)c3ccccc3C2=O)C2CC2)CC1. The molecule has 2 aliphatic carbocycles. The first kappa shape index (κ1) is 17.3. The Labute approximate surface area is 154 Å². The van der Waals surface area contributed by atoms with Gasteiger partial charge in [0.05, 0.1) is 11.1 Å². The van der Waals surface area contributed by atoms with E-state index in [9.17, 15) is 14.4 Å². The summed E-state index contributed by atoms with van der Waals surface area (Å²) in [6.45, 7) is 3.96. The van der Waals surface area contributed by atoms with E-state index in [2.05, 4.69) is 6.92 Å². The lowest BCUT2D eigenvalue weighted by Crippen LogP contribution is -2.53. The van der Waals surface area contributed by atoms with E-state index >= 15 is 0 Å². The van der Waals surface area contributed by atoms with Crippen molar-refractivity contribution in [2.75, 3.05) is 0 Å². The highest BCUT2D eigenvalue weighted by atomic mass is 16.2.